The third kappa shape index (κ3) is 2.94. The minimum atomic E-state index is -0.990. The predicted molar refractivity (Wildman–Crippen MR) is 73.2 cm³/mol. The van der Waals surface area contributed by atoms with Crippen molar-refractivity contribution in [3.8, 4) is 0 Å². The van der Waals surface area contributed by atoms with Crippen molar-refractivity contribution in [2.24, 2.45) is 0 Å². The van der Waals surface area contributed by atoms with Gasteiger partial charge in [0.1, 0.15) is 4.88 Å². The van der Waals surface area contributed by atoms with Gasteiger partial charge in [-0.1, -0.05) is 23.9 Å². The Bertz CT molecular complexity index is 651. The van der Waals surface area contributed by atoms with Crippen LogP contribution in [0.5, 0.6) is 0 Å². The Morgan fingerprint density at radius 1 is 1.47 bits per heavy atom. The number of nitrogens with zero attached hydrogens (tertiary/aromatic N) is 1. The molecule has 98 valence electrons. The molecule has 1 aromatic heterocycles. The number of benzene rings is 1. The monoisotopic (exact) mass is 295 g/mol. The fourth-order valence-electron chi connectivity index (χ4n) is 1.56. The Labute approximate surface area is 117 Å². The Kier molecular flexibility index (Phi) is 3.87. The van der Waals surface area contributed by atoms with Crippen molar-refractivity contribution in [3.05, 3.63) is 50.2 Å². The van der Waals surface area contributed by atoms with Crippen LogP contribution in [0.3, 0.4) is 0 Å². The summed E-state index contributed by atoms with van der Waals surface area (Å²) >= 11 is 2.31. The Morgan fingerprint density at radius 3 is 2.79 bits per heavy atom. The number of rotatable bonds is 4. The zero-order valence-electron chi connectivity index (χ0n) is 9.82. The molecule has 0 radical (unpaired) electrons. The van der Waals surface area contributed by atoms with E-state index >= 15 is 0 Å². The molecule has 0 unspecified atom stereocenters. The lowest BCUT2D eigenvalue weighted by Crippen LogP contribution is -1.93. The molecule has 7 heteroatoms. The summed E-state index contributed by atoms with van der Waals surface area (Å²) in [6.07, 6.45) is 0. The fourth-order valence-corrected chi connectivity index (χ4v) is 3.49. The molecule has 0 bridgehead atoms. The summed E-state index contributed by atoms with van der Waals surface area (Å²) in [5.41, 5.74) is 0.652. The summed E-state index contributed by atoms with van der Waals surface area (Å²) < 4.78 is 0. The quantitative estimate of drug-likeness (QED) is 0.685. The fraction of sp³-hybridized carbons (Fsp3) is 0.0833. The lowest BCUT2D eigenvalue weighted by Gasteiger charge is -2.03. The van der Waals surface area contributed by atoms with Gasteiger partial charge in [-0.25, -0.2) is 4.79 Å². The zero-order chi connectivity index (χ0) is 14.0. The summed E-state index contributed by atoms with van der Waals surface area (Å²) in [5.74, 6) is -0.990. The van der Waals surface area contributed by atoms with Crippen molar-refractivity contribution in [2.75, 3.05) is 0 Å². The zero-order valence-corrected chi connectivity index (χ0v) is 11.5. The molecule has 0 saturated heterocycles. The minimum Gasteiger partial charge on any atom is -0.477 e. The van der Waals surface area contributed by atoms with Crippen LogP contribution in [0.1, 0.15) is 15.2 Å². The summed E-state index contributed by atoms with van der Waals surface area (Å²) in [4.78, 5) is 22.8. The van der Waals surface area contributed by atoms with Gasteiger partial charge in [-0.15, -0.1) is 11.3 Å². The van der Waals surface area contributed by atoms with Gasteiger partial charge in [0.2, 0.25) is 0 Å². The van der Waals surface area contributed by atoms with Crippen LogP contribution in [0.2, 0.25) is 0 Å². The van der Waals surface area contributed by atoms with Crippen LogP contribution in [0.15, 0.2) is 39.4 Å². The average molecular weight is 295 g/mol. The molecule has 0 fully saturated rings. The third-order valence-electron chi connectivity index (χ3n) is 2.40. The molecule has 0 aliphatic rings. The Morgan fingerprint density at radius 2 is 2.21 bits per heavy atom. The highest BCUT2D eigenvalue weighted by Gasteiger charge is 2.18. The topological polar surface area (TPSA) is 80.4 Å². The maximum atomic E-state index is 11.0. The number of aryl methyl sites for hydroxylation is 1. The van der Waals surface area contributed by atoms with E-state index in [1.54, 1.807) is 30.5 Å². The van der Waals surface area contributed by atoms with E-state index in [1.807, 2.05) is 0 Å². The molecule has 19 heavy (non-hydrogen) atoms. The third-order valence-corrected chi connectivity index (χ3v) is 4.49. The standard InChI is InChI=1S/C12H9NO4S2/c1-7-3-2-4-9(11(7)13(16)17)19-8-5-10(12(14)15)18-6-8/h2-6H,1H3,(H,14,15). The van der Waals surface area contributed by atoms with E-state index in [-0.39, 0.29) is 10.6 Å². The van der Waals surface area contributed by atoms with Gasteiger partial charge in [-0.05, 0) is 19.1 Å². The Balaban J connectivity index is 2.35. The van der Waals surface area contributed by atoms with E-state index in [2.05, 4.69) is 0 Å². The molecular formula is C12H9NO4S2. The van der Waals surface area contributed by atoms with Crippen LogP contribution in [-0.4, -0.2) is 16.0 Å². The molecule has 0 saturated carbocycles. The number of aromatic carboxylic acids is 1. The highest BCUT2D eigenvalue weighted by molar-refractivity contribution is 7.99. The number of carboxylic acid groups (broad SMARTS) is 1. The van der Waals surface area contributed by atoms with Gasteiger partial charge in [-0.3, -0.25) is 10.1 Å². The number of thiophene rings is 1. The van der Waals surface area contributed by atoms with E-state index in [1.165, 1.54) is 17.8 Å². The maximum Gasteiger partial charge on any atom is 0.345 e. The second-order valence-electron chi connectivity index (χ2n) is 3.73. The van der Waals surface area contributed by atoms with Crippen molar-refractivity contribution in [3.63, 3.8) is 0 Å². The van der Waals surface area contributed by atoms with E-state index < -0.39 is 10.9 Å². The van der Waals surface area contributed by atoms with E-state index in [9.17, 15) is 14.9 Å². The van der Waals surface area contributed by atoms with Crippen LogP contribution in [-0.2, 0) is 0 Å². The van der Waals surface area contributed by atoms with Gasteiger partial charge in [0.25, 0.3) is 5.69 Å². The summed E-state index contributed by atoms with van der Waals surface area (Å²) in [6, 6.07) is 6.60. The van der Waals surface area contributed by atoms with Crippen LogP contribution in [0.25, 0.3) is 0 Å². The molecule has 1 N–H and O–H groups in total. The lowest BCUT2D eigenvalue weighted by molar-refractivity contribution is -0.388. The molecule has 0 aliphatic heterocycles. The van der Waals surface area contributed by atoms with E-state index in [0.717, 1.165) is 11.3 Å². The molecule has 0 spiro atoms. The lowest BCUT2D eigenvalue weighted by atomic mass is 10.2. The molecule has 2 rings (SSSR count). The Hall–Kier alpha value is -1.86. The van der Waals surface area contributed by atoms with Crippen molar-refractivity contribution in [2.45, 2.75) is 16.7 Å². The van der Waals surface area contributed by atoms with E-state index in [0.29, 0.717) is 15.4 Å². The number of hydrogen-bond donors (Lipinski definition) is 1. The molecule has 1 heterocycles. The SMILES string of the molecule is Cc1cccc(Sc2csc(C(=O)O)c2)c1[N+](=O)[O-]. The molecule has 0 atom stereocenters. The number of para-hydroxylation sites is 1. The van der Waals surface area contributed by atoms with Gasteiger partial charge >= 0.3 is 5.97 Å². The van der Waals surface area contributed by atoms with Crippen LogP contribution in [0, 0.1) is 17.0 Å². The van der Waals surface area contributed by atoms with Crippen molar-refractivity contribution in [1.82, 2.24) is 0 Å². The van der Waals surface area contributed by atoms with Crippen molar-refractivity contribution >= 4 is 34.8 Å². The van der Waals surface area contributed by atoms with Crippen molar-refractivity contribution < 1.29 is 14.8 Å². The van der Waals surface area contributed by atoms with Gasteiger partial charge in [0, 0.05) is 15.8 Å². The van der Waals surface area contributed by atoms with Crippen molar-refractivity contribution in [1.29, 1.82) is 0 Å². The molecule has 2 aromatic rings. The average Bonchev–Trinajstić information content (AvgIpc) is 2.77. The number of nitro groups is 1. The predicted octanol–water partition coefficient (Wildman–Crippen LogP) is 3.81. The molecule has 1 aromatic carbocycles. The molecule has 5 nitrogen and oxygen atoms in total. The van der Waals surface area contributed by atoms with E-state index in [4.69, 9.17) is 5.11 Å². The number of hydrogen-bond acceptors (Lipinski definition) is 5. The smallest absolute Gasteiger partial charge is 0.345 e. The number of carbonyl (C=O) groups is 1. The first-order chi connectivity index (χ1) is 8.99. The second-order valence-corrected chi connectivity index (χ2v) is 5.76. The summed E-state index contributed by atoms with van der Waals surface area (Å²) in [7, 11) is 0. The van der Waals surface area contributed by atoms with Gasteiger partial charge in [0.05, 0.1) is 9.82 Å². The second kappa shape index (κ2) is 5.41. The first-order valence-corrected chi connectivity index (χ1v) is 6.92. The highest BCUT2D eigenvalue weighted by Crippen LogP contribution is 2.38. The molecular weight excluding hydrogens is 286 g/mol. The van der Waals surface area contributed by atoms with Crippen LogP contribution in [0.4, 0.5) is 5.69 Å². The van der Waals surface area contributed by atoms with Gasteiger partial charge in [0.15, 0.2) is 0 Å². The molecule has 0 amide bonds. The van der Waals surface area contributed by atoms with Crippen LogP contribution < -0.4 is 0 Å². The minimum absolute atomic E-state index is 0.0653. The largest absolute Gasteiger partial charge is 0.477 e. The number of nitro benzene ring substituents is 1. The maximum absolute atomic E-state index is 11.0. The highest BCUT2D eigenvalue weighted by atomic mass is 32.2. The van der Waals surface area contributed by atoms with Gasteiger partial charge in [-0.2, -0.15) is 0 Å². The summed E-state index contributed by atoms with van der Waals surface area (Å²) in [5, 5.41) is 21.6. The molecule has 0 aliphatic carbocycles. The normalized spacial score (nSPS) is 10.4. The number of carboxylic acids is 1. The van der Waals surface area contributed by atoms with Gasteiger partial charge < -0.3 is 5.11 Å². The first kappa shape index (κ1) is 13.6. The first-order valence-electron chi connectivity index (χ1n) is 5.22. The summed E-state index contributed by atoms with van der Waals surface area (Å²) in [6.45, 7) is 1.68. The van der Waals surface area contributed by atoms with Crippen LogP contribution >= 0.6 is 23.1 Å².